The summed E-state index contributed by atoms with van der Waals surface area (Å²) in [5, 5.41) is 18.1. The van der Waals surface area contributed by atoms with Gasteiger partial charge in [0, 0.05) is 13.2 Å². The standard InChI is InChI=1S/C10H8O3.C10H14O2.C4H8O.Al.Li.4H/c1-5-3-4-6(2)8-7(5)9(11)13-10(8)12;1-7-3-4-8(2)10(6-12)9(7)5-11;1-2-4-5-3-1;;;;;;/h3-4H,1-2H3;3-4,11-12H,5-6H2,1-2H3;1-4H2;;;;;;/q;;;;+1;;;;-1. The molecule has 0 unspecified atom stereocenters. The minimum Gasteiger partial charge on any atom is -1.00 e. The third-order valence-electron chi connectivity index (χ3n) is 5.26. The maximum absolute atomic E-state index is 11.2. The number of cyclic esters (lactones) is 2. The fraction of sp³-hybridized carbons (Fsp3) is 0.417. The van der Waals surface area contributed by atoms with Gasteiger partial charge in [0.25, 0.3) is 0 Å². The molecule has 0 spiro atoms. The van der Waals surface area contributed by atoms with Gasteiger partial charge in [-0.05, 0) is 73.9 Å². The first-order valence-electron chi connectivity index (χ1n) is 10.1. The van der Waals surface area contributed by atoms with Crippen LogP contribution in [0, 0.1) is 27.7 Å². The van der Waals surface area contributed by atoms with Crippen LogP contribution in [0.4, 0.5) is 0 Å². The van der Waals surface area contributed by atoms with Gasteiger partial charge in [-0.3, -0.25) is 0 Å². The van der Waals surface area contributed by atoms with Gasteiger partial charge >= 0.3 is 30.8 Å². The van der Waals surface area contributed by atoms with Crippen molar-refractivity contribution >= 4 is 29.3 Å². The van der Waals surface area contributed by atoms with Gasteiger partial charge < -0.3 is 21.1 Å². The van der Waals surface area contributed by atoms with E-state index in [9.17, 15) is 9.59 Å². The Hall–Kier alpha value is -1.41. The smallest absolute Gasteiger partial charge is 1.00 e. The molecule has 0 saturated carbocycles. The maximum Gasteiger partial charge on any atom is 1.00 e. The van der Waals surface area contributed by atoms with Gasteiger partial charge in [-0.1, -0.05) is 24.3 Å². The minimum atomic E-state index is -0.527. The van der Waals surface area contributed by atoms with Gasteiger partial charge in [0.05, 0.1) is 24.3 Å². The second-order valence-corrected chi connectivity index (χ2v) is 7.42. The van der Waals surface area contributed by atoms with E-state index in [-0.39, 0.29) is 50.9 Å². The van der Waals surface area contributed by atoms with Crippen LogP contribution in [0.25, 0.3) is 0 Å². The molecule has 0 atom stereocenters. The van der Waals surface area contributed by atoms with Crippen molar-refractivity contribution in [3.05, 3.63) is 68.8 Å². The Kier molecular flexibility index (Phi) is 14.0. The molecule has 2 aliphatic heterocycles. The number of hydrogen-bond donors (Lipinski definition) is 2. The number of hydrogen-bond acceptors (Lipinski definition) is 6. The van der Waals surface area contributed by atoms with Crippen molar-refractivity contribution in [3.63, 3.8) is 0 Å². The number of aliphatic hydroxyl groups excluding tert-OH is 2. The number of fused-ring (bicyclic) bond motifs is 1. The molecule has 4 rings (SSSR count). The Morgan fingerprint density at radius 3 is 1.38 bits per heavy atom. The summed E-state index contributed by atoms with van der Waals surface area (Å²) < 4.78 is 9.46. The SMILES string of the molecule is C1CCOC1.Cc1ccc(C)c(CO)c1CO.Cc1ccc(C)c2c1C(=O)OC2=O.[AlH3].[H-].[Li+]. The first-order chi connectivity index (χ1) is 14.3. The second kappa shape index (κ2) is 14.7. The van der Waals surface area contributed by atoms with E-state index in [1.165, 1.54) is 12.8 Å². The quantitative estimate of drug-likeness (QED) is 0.367. The topological polar surface area (TPSA) is 93.1 Å². The van der Waals surface area contributed by atoms with E-state index in [1.807, 2.05) is 38.1 Å². The summed E-state index contributed by atoms with van der Waals surface area (Å²) in [5.74, 6) is -1.05. The molecule has 1 saturated heterocycles. The Morgan fingerprint density at radius 2 is 1.09 bits per heavy atom. The number of carbonyl (C=O) groups excluding carboxylic acids is 2. The van der Waals surface area contributed by atoms with Crippen molar-refractivity contribution < 1.29 is 49.6 Å². The summed E-state index contributed by atoms with van der Waals surface area (Å²) in [5.41, 5.74) is 6.21. The molecule has 0 aromatic heterocycles. The zero-order valence-electron chi connectivity index (χ0n) is 20.1. The van der Waals surface area contributed by atoms with Crippen molar-refractivity contribution in [2.45, 2.75) is 53.8 Å². The van der Waals surface area contributed by atoms with Crippen molar-refractivity contribution in [2.75, 3.05) is 13.2 Å². The molecular formula is C24H34AlLiO6. The molecule has 170 valence electrons. The van der Waals surface area contributed by atoms with Crippen molar-refractivity contribution in [1.29, 1.82) is 0 Å². The van der Waals surface area contributed by atoms with E-state index in [4.69, 9.17) is 14.9 Å². The Balaban J connectivity index is 0. The number of ether oxygens (including phenoxy) is 2. The van der Waals surface area contributed by atoms with Crippen LogP contribution in [0.5, 0.6) is 0 Å². The number of esters is 2. The number of carbonyl (C=O) groups is 2. The minimum absolute atomic E-state index is 0. The third-order valence-corrected chi connectivity index (χ3v) is 5.26. The van der Waals surface area contributed by atoms with E-state index >= 15 is 0 Å². The summed E-state index contributed by atoms with van der Waals surface area (Å²) in [4.78, 5) is 22.4. The van der Waals surface area contributed by atoms with Crippen LogP contribution < -0.4 is 18.9 Å². The average Bonchev–Trinajstić information content (AvgIpc) is 3.39. The molecule has 2 aliphatic rings. The number of rotatable bonds is 2. The zero-order valence-corrected chi connectivity index (χ0v) is 19.1. The van der Waals surface area contributed by atoms with Crippen molar-refractivity contribution in [2.24, 2.45) is 0 Å². The normalized spacial score (nSPS) is 13.4. The van der Waals surface area contributed by atoms with Gasteiger partial charge in [-0.25, -0.2) is 9.59 Å². The largest absolute Gasteiger partial charge is 1.00 e. The van der Waals surface area contributed by atoms with Crippen LogP contribution in [0.1, 0.15) is 68.4 Å². The molecule has 2 heterocycles. The molecule has 8 heteroatoms. The van der Waals surface area contributed by atoms with E-state index in [0.717, 1.165) is 46.6 Å². The predicted molar refractivity (Wildman–Crippen MR) is 125 cm³/mol. The molecule has 2 aromatic carbocycles. The van der Waals surface area contributed by atoms with Crippen LogP contribution >= 0.6 is 0 Å². The van der Waals surface area contributed by atoms with E-state index in [0.29, 0.717) is 11.1 Å². The van der Waals surface area contributed by atoms with Gasteiger partial charge in [0.15, 0.2) is 17.4 Å². The number of benzene rings is 2. The molecule has 0 bridgehead atoms. The van der Waals surface area contributed by atoms with Crippen LogP contribution in [0.2, 0.25) is 0 Å². The maximum atomic E-state index is 11.2. The van der Waals surface area contributed by atoms with Gasteiger partial charge in [0.1, 0.15) is 0 Å². The van der Waals surface area contributed by atoms with Crippen molar-refractivity contribution in [3.8, 4) is 0 Å². The summed E-state index contributed by atoms with van der Waals surface area (Å²) in [7, 11) is 0. The zero-order chi connectivity index (χ0) is 22.3. The van der Waals surface area contributed by atoms with E-state index < -0.39 is 11.9 Å². The monoisotopic (exact) mass is 452 g/mol. The van der Waals surface area contributed by atoms with Gasteiger partial charge in [0.2, 0.25) is 0 Å². The predicted octanol–water partition coefficient (Wildman–Crippen LogP) is -0.369. The molecule has 0 radical (unpaired) electrons. The van der Waals surface area contributed by atoms with Crippen LogP contribution in [0.15, 0.2) is 24.3 Å². The Labute approximate surface area is 214 Å². The van der Waals surface area contributed by atoms with Gasteiger partial charge in [-0.15, -0.1) is 0 Å². The molecule has 0 amide bonds. The summed E-state index contributed by atoms with van der Waals surface area (Å²) in [6.45, 7) is 9.46. The molecule has 2 N–H and O–H groups in total. The third kappa shape index (κ3) is 7.58. The van der Waals surface area contributed by atoms with Crippen LogP contribution in [0.3, 0.4) is 0 Å². The molecule has 32 heavy (non-hydrogen) atoms. The van der Waals surface area contributed by atoms with Crippen molar-refractivity contribution in [1.82, 2.24) is 0 Å². The molecule has 6 nitrogen and oxygen atoms in total. The Morgan fingerprint density at radius 1 is 0.750 bits per heavy atom. The van der Waals surface area contributed by atoms with Gasteiger partial charge in [-0.2, -0.15) is 0 Å². The van der Waals surface area contributed by atoms with Crippen LogP contribution in [-0.2, 0) is 22.7 Å². The average molecular weight is 452 g/mol. The molecule has 0 aliphatic carbocycles. The summed E-state index contributed by atoms with van der Waals surface area (Å²) in [6.07, 6.45) is 2.56. The van der Waals surface area contributed by atoms with E-state index in [1.54, 1.807) is 13.8 Å². The summed E-state index contributed by atoms with van der Waals surface area (Å²) in [6, 6.07) is 7.54. The first-order valence-corrected chi connectivity index (χ1v) is 10.1. The molecule has 2 aromatic rings. The van der Waals surface area contributed by atoms with Crippen LogP contribution in [-0.4, -0.2) is 52.7 Å². The molecular weight excluding hydrogens is 418 g/mol. The Bertz CT molecular complexity index is 856. The summed E-state index contributed by atoms with van der Waals surface area (Å²) >= 11 is 0. The number of aryl methyl sites for hydroxylation is 4. The molecule has 1 fully saturated rings. The second-order valence-electron chi connectivity index (χ2n) is 7.42. The van der Waals surface area contributed by atoms with E-state index in [2.05, 4.69) is 4.74 Å². The fourth-order valence-corrected chi connectivity index (χ4v) is 3.40. The number of aliphatic hydroxyl groups is 2. The first kappa shape index (κ1) is 30.6. The fourth-order valence-electron chi connectivity index (χ4n) is 3.40.